The maximum atomic E-state index is 12.7. The number of aromatic nitrogens is 2. The van der Waals surface area contributed by atoms with Crippen LogP contribution < -0.4 is 14.8 Å². The fourth-order valence-corrected chi connectivity index (χ4v) is 3.36. The van der Waals surface area contributed by atoms with Crippen molar-refractivity contribution in [3.63, 3.8) is 0 Å². The lowest BCUT2D eigenvalue weighted by Crippen LogP contribution is -2.37. The van der Waals surface area contributed by atoms with Crippen molar-refractivity contribution in [2.75, 3.05) is 7.05 Å². The summed E-state index contributed by atoms with van der Waals surface area (Å²) in [6.45, 7) is 1.97. The topological polar surface area (TPSA) is 56.5 Å². The first-order valence-corrected chi connectivity index (χ1v) is 9.32. The molecule has 1 aliphatic heterocycles. The summed E-state index contributed by atoms with van der Waals surface area (Å²) in [5, 5.41) is 8.98. The number of ether oxygens (including phenoxy) is 1. The van der Waals surface area contributed by atoms with Crippen molar-refractivity contribution in [1.29, 1.82) is 0 Å². The number of allylic oxidation sites excluding steroid dienone is 1. The molecule has 0 spiro atoms. The van der Waals surface area contributed by atoms with Crippen LogP contribution in [-0.4, -0.2) is 29.4 Å². The average molecular weight is 427 g/mol. The van der Waals surface area contributed by atoms with E-state index in [4.69, 9.17) is 0 Å². The van der Waals surface area contributed by atoms with Crippen molar-refractivity contribution in [3.8, 4) is 11.4 Å². The first-order valence-electron chi connectivity index (χ1n) is 9.32. The van der Waals surface area contributed by atoms with E-state index in [0.29, 0.717) is 11.4 Å². The monoisotopic (exact) mass is 427 g/mol. The molecule has 2 heterocycles. The first-order chi connectivity index (χ1) is 14.7. The lowest BCUT2D eigenvalue weighted by Gasteiger charge is -2.25. The zero-order valence-corrected chi connectivity index (χ0v) is 16.7. The molecule has 1 unspecified atom stereocenters. The van der Waals surface area contributed by atoms with Gasteiger partial charge in [-0.2, -0.15) is 5.10 Å². The van der Waals surface area contributed by atoms with Crippen LogP contribution in [0.4, 0.5) is 18.9 Å². The van der Waals surface area contributed by atoms with Crippen LogP contribution in [0, 0.1) is 6.92 Å². The van der Waals surface area contributed by atoms with Gasteiger partial charge >= 0.3 is 6.36 Å². The Balaban J connectivity index is 1.71. The highest BCUT2D eigenvalue weighted by Crippen LogP contribution is 2.34. The predicted octanol–water partition coefficient (Wildman–Crippen LogP) is 4.42. The van der Waals surface area contributed by atoms with Crippen LogP contribution >= 0.6 is 0 Å². The Bertz CT molecular complexity index is 1250. The maximum absolute atomic E-state index is 12.7. The van der Waals surface area contributed by atoms with Crippen molar-refractivity contribution >= 4 is 17.6 Å². The third-order valence-corrected chi connectivity index (χ3v) is 4.89. The minimum Gasteiger partial charge on any atom is -0.406 e. The lowest BCUT2D eigenvalue weighted by molar-refractivity contribution is -0.274. The van der Waals surface area contributed by atoms with Crippen molar-refractivity contribution in [1.82, 2.24) is 14.4 Å². The van der Waals surface area contributed by atoms with Crippen molar-refractivity contribution in [2.45, 2.75) is 13.3 Å². The van der Waals surface area contributed by atoms with Crippen LogP contribution in [0.15, 0.2) is 76.8 Å². The lowest BCUT2D eigenvalue weighted by atomic mass is 10.1. The highest BCUT2D eigenvalue weighted by molar-refractivity contribution is 5.92. The van der Waals surface area contributed by atoms with E-state index in [9.17, 15) is 18.0 Å². The van der Waals surface area contributed by atoms with Crippen LogP contribution in [0.5, 0.6) is 5.75 Å². The van der Waals surface area contributed by atoms with Crippen LogP contribution in [0.1, 0.15) is 11.3 Å². The van der Waals surface area contributed by atoms with Gasteiger partial charge in [-0.3, -0.25) is 4.79 Å². The molecule has 0 bridgehead atoms. The van der Waals surface area contributed by atoms with E-state index < -0.39 is 6.36 Å². The summed E-state index contributed by atoms with van der Waals surface area (Å²) >= 11 is 0. The number of aryl methyl sites for hydroxylation is 1. The Hall–Kier alpha value is -3.72. The number of hydrogen-bond acceptors (Lipinski definition) is 4. The molecule has 0 saturated carbocycles. The van der Waals surface area contributed by atoms with Crippen LogP contribution in [0.3, 0.4) is 0 Å². The molecule has 158 valence electrons. The number of alkyl halides is 3. The number of nitrogens with zero attached hydrogens (tertiary/aromatic N) is 4. The van der Waals surface area contributed by atoms with Crippen LogP contribution in [0.2, 0.25) is 0 Å². The fraction of sp³-hybridized carbons (Fsp3) is 0.136. The largest absolute Gasteiger partial charge is 0.573 e. The van der Waals surface area contributed by atoms with E-state index in [-0.39, 0.29) is 21.5 Å². The minimum absolute atomic E-state index is 0.0201. The molecule has 1 atom stereocenters. The van der Waals surface area contributed by atoms with Crippen molar-refractivity contribution < 1.29 is 17.9 Å². The van der Waals surface area contributed by atoms with Gasteiger partial charge in [0.2, 0.25) is 5.43 Å². The van der Waals surface area contributed by atoms with E-state index in [0.717, 1.165) is 11.3 Å². The van der Waals surface area contributed by atoms with E-state index in [1.165, 1.54) is 41.2 Å². The molecule has 31 heavy (non-hydrogen) atoms. The van der Waals surface area contributed by atoms with Gasteiger partial charge in [-0.05, 0) is 36.8 Å². The molecule has 2 aromatic carbocycles. The van der Waals surface area contributed by atoms with Gasteiger partial charge in [0, 0.05) is 30.5 Å². The molecular formula is C22H18F3N4O2+. The van der Waals surface area contributed by atoms with E-state index in [1.807, 2.05) is 38.2 Å². The SMILES string of the molecule is Cc1cccc([N+]2(C)N=CC=C2c2nn(-c3ccc(OC(F)(F)F)cc3)ccc2=O)c1. The summed E-state index contributed by atoms with van der Waals surface area (Å²) in [7, 11) is 1.85. The molecule has 0 amide bonds. The van der Waals surface area contributed by atoms with E-state index in [1.54, 1.807) is 12.3 Å². The molecule has 9 heteroatoms. The zero-order chi connectivity index (χ0) is 22.2. The van der Waals surface area contributed by atoms with Crippen LogP contribution in [0.25, 0.3) is 11.4 Å². The second kappa shape index (κ2) is 7.51. The summed E-state index contributed by atoms with van der Waals surface area (Å²) in [6.07, 6.45) is 0.0479. The van der Waals surface area contributed by atoms with E-state index >= 15 is 0 Å². The quantitative estimate of drug-likeness (QED) is 0.580. The molecule has 6 nitrogen and oxygen atoms in total. The van der Waals surface area contributed by atoms with Crippen molar-refractivity contribution in [2.24, 2.45) is 5.10 Å². The fourth-order valence-electron chi connectivity index (χ4n) is 3.36. The molecule has 0 saturated heterocycles. The Morgan fingerprint density at radius 2 is 1.81 bits per heavy atom. The Labute approximate surface area is 175 Å². The van der Waals surface area contributed by atoms with Gasteiger partial charge < -0.3 is 4.74 Å². The summed E-state index contributed by atoms with van der Waals surface area (Å²) in [5.41, 5.74) is 2.88. The maximum Gasteiger partial charge on any atom is 0.573 e. The minimum atomic E-state index is -4.77. The molecule has 0 aliphatic carbocycles. The molecule has 1 aromatic heterocycles. The average Bonchev–Trinajstić information content (AvgIpc) is 3.11. The normalized spacial score (nSPS) is 18.2. The van der Waals surface area contributed by atoms with Gasteiger partial charge in [-0.25, -0.2) is 4.68 Å². The second-order valence-electron chi connectivity index (χ2n) is 7.13. The Morgan fingerprint density at radius 1 is 1.06 bits per heavy atom. The highest BCUT2D eigenvalue weighted by atomic mass is 19.4. The third kappa shape index (κ3) is 4.13. The van der Waals surface area contributed by atoms with Gasteiger partial charge in [-0.15, -0.1) is 17.8 Å². The molecule has 1 aliphatic rings. The third-order valence-electron chi connectivity index (χ3n) is 4.89. The summed E-state index contributed by atoms with van der Waals surface area (Å²) < 4.78 is 42.5. The Kier molecular flexibility index (Phi) is 4.98. The molecule has 3 aromatic rings. The number of quaternary nitrogens is 1. The Morgan fingerprint density at radius 3 is 2.48 bits per heavy atom. The number of benzene rings is 2. The van der Waals surface area contributed by atoms with Gasteiger partial charge in [-0.1, -0.05) is 17.2 Å². The predicted molar refractivity (Wildman–Crippen MR) is 112 cm³/mol. The zero-order valence-electron chi connectivity index (χ0n) is 16.7. The molecule has 0 fully saturated rings. The highest BCUT2D eigenvalue weighted by Gasteiger charge is 2.37. The molecular weight excluding hydrogens is 409 g/mol. The van der Waals surface area contributed by atoms with Gasteiger partial charge in [0.05, 0.1) is 11.9 Å². The summed E-state index contributed by atoms with van der Waals surface area (Å²) in [6, 6.07) is 14.4. The summed E-state index contributed by atoms with van der Waals surface area (Å²) in [5.74, 6) is -0.340. The number of hydrogen-bond donors (Lipinski definition) is 0. The number of halogens is 3. The standard InChI is InChI=1S/C22H18F3N4O2/c1-15-4-3-5-17(14-15)29(2)19(10-12-26-29)21-20(30)11-13-28(27-21)16-6-8-18(9-7-16)31-22(23,24)25/h3-14H,1-2H3/q+1. The van der Waals surface area contributed by atoms with Crippen molar-refractivity contribution in [3.05, 3.63) is 88.4 Å². The van der Waals surface area contributed by atoms with Gasteiger partial charge in [0.1, 0.15) is 12.8 Å². The summed E-state index contributed by atoms with van der Waals surface area (Å²) in [4.78, 5) is 12.7. The number of rotatable bonds is 4. The van der Waals surface area contributed by atoms with Gasteiger partial charge in [0.25, 0.3) is 0 Å². The molecule has 4 rings (SSSR count). The van der Waals surface area contributed by atoms with E-state index in [2.05, 4.69) is 14.9 Å². The first kappa shape index (κ1) is 20.5. The smallest absolute Gasteiger partial charge is 0.406 e. The second-order valence-corrected chi connectivity index (χ2v) is 7.13. The van der Waals surface area contributed by atoms with Gasteiger partial charge in [0.15, 0.2) is 17.1 Å². The molecule has 0 N–H and O–H groups in total. The van der Waals surface area contributed by atoms with Crippen LogP contribution in [-0.2, 0) is 0 Å². The molecule has 0 radical (unpaired) electrons.